The zero-order valence-corrected chi connectivity index (χ0v) is 30.4. The van der Waals surface area contributed by atoms with Crippen LogP contribution >= 0.6 is 24.3 Å². The zero-order chi connectivity index (χ0) is 35.1. The van der Waals surface area contributed by atoms with Crippen molar-refractivity contribution in [2.45, 2.75) is 41.5 Å². The summed E-state index contributed by atoms with van der Waals surface area (Å²) >= 11 is 0. The molecule has 0 heterocycles. The molecule has 0 amide bonds. The van der Waals surface area contributed by atoms with Crippen molar-refractivity contribution in [3.8, 4) is 40.2 Å². The monoisotopic (exact) mass is 720 g/mol. The third-order valence-electron chi connectivity index (χ3n) is 7.17. The largest absolute Gasteiger partial charge is 0.805 e. The molecule has 0 spiro atoms. The molecule has 5 rings (SSSR count). The van der Waals surface area contributed by atoms with Crippen LogP contribution in [0.4, 0.5) is 0 Å². The molecule has 0 bridgehead atoms. The number of phosphoric ester groups is 1. The normalized spacial score (nSPS) is 12.6. The molecule has 0 fully saturated rings. The van der Waals surface area contributed by atoms with Gasteiger partial charge in [-0.1, -0.05) is 66.7 Å². The van der Waals surface area contributed by atoms with E-state index in [2.05, 4.69) is 0 Å². The number of hydrogen-bond donors (Lipinski definition) is 0. The van der Waals surface area contributed by atoms with Crippen LogP contribution in [0.2, 0.25) is 0 Å². The fourth-order valence-electron chi connectivity index (χ4n) is 4.79. The summed E-state index contributed by atoms with van der Waals surface area (Å²) in [5.74, 6) is 1.58. The van der Waals surface area contributed by atoms with Gasteiger partial charge in [0.25, 0.3) is 0 Å². The number of benzene rings is 5. The van der Waals surface area contributed by atoms with Gasteiger partial charge in [-0.2, -0.15) is 4.57 Å². The standard InChI is InChI=1S/C36H35O10P3/c1-24-12-7-13-25(2)34(24)42-47(37)40-30-18-10-20-32(22-30)44-49(39,46-36-28(5)16-9-17-29(36)6)45-33-21-11-19-31(23-33)41-48(38)43-35-26(3)14-8-15-27(35)4/h7-23H,1-6H3/q+2. The van der Waals surface area contributed by atoms with Crippen LogP contribution in [-0.2, 0) is 13.7 Å². The Kier molecular flexibility index (Phi) is 11.3. The Morgan fingerprint density at radius 1 is 0.408 bits per heavy atom. The third kappa shape index (κ3) is 9.39. The smallest absolute Gasteiger partial charge is 0.386 e. The molecule has 49 heavy (non-hydrogen) atoms. The second kappa shape index (κ2) is 15.6. The summed E-state index contributed by atoms with van der Waals surface area (Å²) in [4.78, 5) is 0. The molecule has 0 aliphatic rings. The van der Waals surface area contributed by atoms with Crippen molar-refractivity contribution in [3.05, 3.63) is 137 Å². The van der Waals surface area contributed by atoms with Gasteiger partial charge in [0.1, 0.15) is 17.2 Å². The highest BCUT2D eigenvalue weighted by Gasteiger charge is 2.36. The van der Waals surface area contributed by atoms with Crippen molar-refractivity contribution < 1.29 is 45.4 Å². The van der Waals surface area contributed by atoms with E-state index < -0.39 is 24.3 Å². The summed E-state index contributed by atoms with van der Waals surface area (Å²) in [6, 6.07) is 28.6. The molecule has 5 aromatic carbocycles. The van der Waals surface area contributed by atoms with Crippen molar-refractivity contribution in [2.75, 3.05) is 0 Å². The van der Waals surface area contributed by atoms with E-state index in [-0.39, 0.29) is 23.0 Å². The van der Waals surface area contributed by atoms with Gasteiger partial charge in [0.05, 0.1) is 0 Å². The van der Waals surface area contributed by atoms with E-state index in [1.807, 2.05) is 70.2 Å². The van der Waals surface area contributed by atoms with Gasteiger partial charge in [-0.15, -0.1) is 0 Å². The van der Waals surface area contributed by atoms with Crippen molar-refractivity contribution in [1.82, 2.24) is 0 Å². The summed E-state index contributed by atoms with van der Waals surface area (Å²) in [5.41, 5.74) is 4.62. The van der Waals surface area contributed by atoms with Crippen molar-refractivity contribution in [2.24, 2.45) is 0 Å². The van der Waals surface area contributed by atoms with Crippen LogP contribution in [-0.4, -0.2) is 0 Å². The molecule has 2 unspecified atom stereocenters. The molecule has 0 aliphatic carbocycles. The topological polar surface area (TPSA) is 116 Å². The second-order valence-electron chi connectivity index (χ2n) is 11.1. The predicted molar refractivity (Wildman–Crippen MR) is 188 cm³/mol. The third-order valence-corrected chi connectivity index (χ3v) is 9.82. The lowest BCUT2D eigenvalue weighted by Crippen LogP contribution is -2.09. The van der Waals surface area contributed by atoms with Gasteiger partial charge in [-0.05, 0) is 99.2 Å². The molecule has 10 nitrogen and oxygen atoms in total. The first-order valence-corrected chi connectivity index (χ1v) is 18.8. The minimum absolute atomic E-state index is 0.0417. The number of aryl methyl sites for hydroxylation is 6. The molecular weight excluding hydrogens is 685 g/mol. The van der Waals surface area contributed by atoms with Gasteiger partial charge >= 0.3 is 24.3 Å². The highest BCUT2D eigenvalue weighted by Crippen LogP contribution is 2.52. The van der Waals surface area contributed by atoms with Gasteiger partial charge in [-0.25, -0.2) is 18.1 Å². The molecule has 5 aromatic rings. The van der Waals surface area contributed by atoms with Gasteiger partial charge in [0, 0.05) is 21.3 Å². The second-order valence-corrected chi connectivity index (χ2v) is 14.2. The number of rotatable bonds is 14. The first kappa shape index (κ1) is 35.4. The molecule has 0 aromatic heterocycles. The molecular formula is C36H35O10P3+2. The Bertz CT molecular complexity index is 1890. The molecule has 0 saturated carbocycles. The minimum Gasteiger partial charge on any atom is -0.386 e. The Hall–Kier alpha value is -4.87. The first-order valence-electron chi connectivity index (χ1n) is 15.1. The molecule has 13 heteroatoms. The van der Waals surface area contributed by atoms with Gasteiger partial charge in [0.2, 0.25) is 0 Å². The lowest BCUT2D eigenvalue weighted by molar-refractivity contribution is 0.296. The Morgan fingerprint density at radius 2 is 0.714 bits per heavy atom. The van der Waals surface area contributed by atoms with E-state index in [4.69, 9.17) is 31.7 Å². The fourth-order valence-corrected chi connectivity index (χ4v) is 7.68. The molecule has 252 valence electrons. The van der Waals surface area contributed by atoms with Crippen molar-refractivity contribution in [1.29, 1.82) is 0 Å². The zero-order valence-electron chi connectivity index (χ0n) is 27.7. The van der Waals surface area contributed by atoms with E-state index in [0.29, 0.717) is 28.4 Å². The Morgan fingerprint density at radius 3 is 1.08 bits per heavy atom. The lowest BCUT2D eigenvalue weighted by Gasteiger charge is -2.21. The fraction of sp³-hybridized carbons (Fsp3) is 0.167. The van der Waals surface area contributed by atoms with Crippen LogP contribution in [0.5, 0.6) is 40.2 Å². The molecule has 0 N–H and O–H groups in total. The molecule has 0 radical (unpaired) electrons. The van der Waals surface area contributed by atoms with Crippen LogP contribution < -0.4 is 31.7 Å². The van der Waals surface area contributed by atoms with E-state index in [0.717, 1.165) is 22.3 Å². The van der Waals surface area contributed by atoms with Crippen LogP contribution in [0.1, 0.15) is 33.4 Å². The van der Waals surface area contributed by atoms with E-state index >= 15 is 0 Å². The number of hydrogen-bond acceptors (Lipinski definition) is 10. The van der Waals surface area contributed by atoms with Crippen LogP contribution in [0.3, 0.4) is 0 Å². The summed E-state index contributed by atoms with van der Waals surface area (Å²) in [6.07, 6.45) is 0. The highest BCUT2D eigenvalue weighted by atomic mass is 31.2. The predicted octanol–water partition coefficient (Wildman–Crippen LogP) is 11.4. The van der Waals surface area contributed by atoms with E-state index in [9.17, 15) is 13.7 Å². The maximum atomic E-state index is 14.4. The Labute approximate surface area is 287 Å². The summed E-state index contributed by atoms with van der Waals surface area (Å²) in [5, 5.41) is 0. The Balaban J connectivity index is 1.36. The van der Waals surface area contributed by atoms with Crippen molar-refractivity contribution >= 4 is 24.3 Å². The molecule has 0 aliphatic heterocycles. The van der Waals surface area contributed by atoms with Crippen molar-refractivity contribution in [3.63, 3.8) is 0 Å². The summed E-state index contributed by atoms with van der Waals surface area (Å²) < 4.78 is 80.1. The summed E-state index contributed by atoms with van der Waals surface area (Å²) in [7, 11) is -9.73. The van der Waals surface area contributed by atoms with Gasteiger partial charge in [-0.3, -0.25) is 0 Å². The van der Waals surface area contributed by atoms with E-state index in [1.165, 1.54) is 24.3 Å². The van der Waals surface area contributed by atoms with Crippen LogP contribution in [0.15, 0.2) is 103 Å². The number of phosphoric acid groups is 1. The average molecular weight is 721 g/mol. The maximum Gasteiger partial charge on any atom is 0.805 e. The quantitative estimate of drug-likeness (QED) is 0.103. The van der Waals surface area contributed by atoms with Gasteiger partial charge < -0.3 is 13.6 Å². The van der Waals surface area contributed by atoms with Crippen LogP contribution in [0, 0.1) is 41.5 Å². The van der Waals surface area contributed by atoms with E-state index in [1.54, 1.807) is 50.2 Å². The SMILES string of the molecule is Cc1cccc(C)c1O[P+](=O)Oc1cccc(OP(=O)(Oc2cccc(O[P+](=O)Oc3c(C)cccc3C)c2)Oc2c(C)cccc2C)c1. The highest BCUT2D eigenvalue weighted by molar-refractivity contribution is 7.49. The maximum absolute atomic E-state index is 14.4. The average Bonchev–Trinajstić information content (AvgIpc) is 3.03. The number of para-hydroxylation sites is 3. The lowest BCUT2D eigenvalue weighted by atomic mass is 10.1. The minimum atomic E-state index is -4.50. The summed E-state index contributed by atoms with van der Waals surface area (Å²) in [6.45, 7) is 11.0. The molecule has 2 atom stereocenters. The van der Waals surface area contributed by atoms with Gasteiger partial charge in [0.15, 0.2) is 23.0 Å². The van der Waals surface area contributed by atoms with Crippen LogP contribution in [0.25, 0.3) is 0 Å². The molecule has 0 saturated heterocycles. The first-order chi connectivity index (χ1) is 23.4.